The van der Waals surface area contributed by atoms with E-state index in [0.29, 0.717) is 6.54 Å². The molecule has 8 N–H and O–H groups in total. The lowest BCUT2D eigenvalue weighted by molar-refractivity contribution is 0.405. The van der Waals surface area contributed by atoms with E-state index in [-0.39, 0.29) is 24.3 Å². The molecule has 0 aromatic heterocycles. The van der Waals surface area contributed by atoms with Gasteiger partial charge in [-0.1, -0.05) is 13.3 Å². The first-order valence-corrected chi connectivity index (χ1v) is 5.32. The Kier molecular flexibility index (Phi) is 18.0. The second-order valence-corrected chi connectivity index (χ2v) is 2.92. The van der Waals surface area contributed by atoms with Gasteiger partial charge in [-0.3, -0.25) is 15.7 Å². The Bertz CT molecular complexity index is 234. The maximum absolute atomic E-state index is 8.70. The van der Waals surface area contributed by atoms with Crippen molar-refractivity contribution in [1.82, 2.24) is 5.32 Å². The van der Waals surface area contributed by atoms with Crippen LogP contribution in [0.15, 0.2) is 4.99 Å². The summed E-state index contributed by atoms with van der Waals surface area (Å²) in [7, 11) is -2.87. The summed E-state index contributed by atoms with van der Waals surface area (Å²) in [4.78, 5) is 18.2. The largest absolute Gasteiger partial charge is 0.692 e. The van der Waals surface area contributed by atoms with Crippen molar-refractivity contribution in [3.63, 3.8) is 0 Å². The van der Waals surface area contributed by atoms with Gasteiger partial charge in [0.2, 0.25) is 0 Å². The van der Waals surface area contributed by atoms with Crippen LogP contribution in [0.5, 0.6) is 0 Å². The van der Waals surface area contributed by atoms with E-state index in [9.17, 15) is 0 Å². The highest BCUT2D eigenvalue weighted by Crippen LogP contribution is 1.98. The van der Waals surface area contributed by atoms with E-state index >= 15 is 0 Å². The van der Waals surface area contributed by atoms with Crippen molar-refractivity contribution in [1.29, 1.82) is 5.41 Å². The van der Waals surface area contributed by atoms with E-state index in [0.717, 1.165) is 12.8 Å². The number of nitrogens with zero attached hydrogens (tertiary/aromatic N) is 1. The highest BCUT2D eigenvalue weighted by atomic mass is 35.5. The quantitative estimate of drug-likeness (QED) is 0.178. The molecule has 0 fully saturated rings. The van der Waals surface area contributed by atoms with Crippen LogP contribution in [-0.4, -0.2) is 28.3 Å². The smallest absolute Gasteiger partial charge is 0.370 e. The number of rotatable bonds is 3. The van der Waals surface area contributed by atoms with E-state index in [4.69, 9.17) is 31.2 Å². The average molecular weight is 275 g/mol. The SMILES string of the molecule is CCCCN=C(N)NC(=N)N.Cl.O=[P+](O)O. The van der Waals surface area contributed by atoms with Crippen molar-refractivity contribution in [2.45, 2.75) is 19.8 Å². The standard InChI is InChI=1S/C6H15N5.ClH.HO3P/c1-2-3-4-10-6(9)11-5(7)8;;1-4(2)3/h2-4H2,1H3,(H6,7,8,9,10,11);1H;(H-,1,2,3)/p+1. The summed E-state index contributed by atoms with van der Waals surface area (Å²) in [5, 5.41) is 9.20. The van der Waals surface area contributed by atoms with Gasteiger partial charge in [0, 0.05) is 11.1 Å². The summed E-state index contributed by atoms with van der Waals surface area (Å²) >= 11 is 0. The molecule has 0 saturated carbocycles. The highest BCUT2D eigenvalue weighted by molar-refractivity contribution is 7.30. The minimum Gasteiger partial charge on any atom is -0.370 e. The molecule has 0 bridgehead atoms. The van der Waals surface area contributed by atoms with Crippen molar-refractivity contribution in [2.75, 3.05) is 6.54 Å². The van der Waals surface area contributed by atoms with E-state index in [1.54, 1.807) is 0 Å². The Morgan fingerprint density at radius 2 is 1.94 bits per heavy atom. The van der Waals surface area contributed by atoms with Crippen LogP contribution in [0.3, 0.4) is 0 Å². The first-order valence-electron chi connectivity index (χ1n) is 4.16. The molecule has 0 amide bonds. The molecule has 0 unspecified atom stereocenters. The molecule has 0 aliphatic rings. The van der Waals surface area contributed by atoms with Crippen LogP contribution in [0, 0.1) is 5.41 Å². The van der Waals surface area contributed by atoms with Gasteiger partial charge < -0.3 is 11.5 Å². The summed E-state index contributed by atoms with van der Waals surface area (Å²) in [6.07, 6.45) is 2.08. The number of guanidine groups is 2. The van der Waals surface area contributed by atoms with Crippen LogP contribution in [0.1, 0.15) is 19.8 Å². The van der Waals surface area contributed by atoms with Crippen molar-refractivity contribution >= 4 is 32.6 Å². The molecular formula is C6H18ClN5O3P+. The molecule has 0 atom stereocenters. The van der Waals surface area contributed by atoms with Gasteiger partial charge in [0.25, 0.3) is 0 Å². The molecule has 0 radical (unpaired) electrons. The van der Waals surface area contributed by atoms with E-state index < -0.39 is 8.25 Å². The molecular weight excluding hydrogens is 257 g/mol. The Hall–Kier alpha value is -0.950. The summed E-state index contributed by atoms with van der Waals surface area (Å²) in [6.45, 7) is 2.76. The van der Waals surface area contributed by atoms with E-state index in [1.807, 2.05) is 0 Å². The molecule has 0 spiro atoms. The molecule has 0 rings (SSSR count). The number of nitrogens with two attached hydrogens (primary N) is 2. The highest BCUT2D eigenvalue weighted by Gasteiger charge is 1.93. The number of nitrogens with one attached hydrogen (secondary N) is 2. The van der Waals surface area contributed by atoms with Crippen molar-refractivity contribution in [3.05, 3.63) is 0 Å². The molecule has 0 aliphatic carbocycles. The van der Waals surface area contributed by atoms with E-state index in [2.05, 4.69) is 17.2 Å². The van der Waals surface area contributed by atoms with Crippen LogP contribution in [0.4, 0.5) is 0 Å². The lowest BCUT2D eigenvalue weighted by Crippen LogP contribution is -2.40. The zero-order valence-corrected chi connectivity index (χ0v) is 10.6. The first kappa shape index (κ1) is 20.5. The fourth-order valence-corrected chi connectivity index (χ4v) is 0.535. The minimum atomic E-state index is -2.87. The van der Waals surface area contributed by atoms with Gasteiger partial charge >= 0.3 is 8.25 Å². The van der Waals surface area contributed by atoms with Gasteiger partial charge in [0.1, 0.15) is 0 Å². The van der Waals surface area contributed by atoms with Crippen LogP contribution in [0.25, 0.3) is 0 Å². The van der Waals surface area contributed by atoms with Gasteiger partial charge in [0.15, 0.2) is 11.9 Å². The second-order valence-electron chi connectivity index (χ2n) is 2.41. The van der Waals surface area contributed by atoms with Crippen LogP contribution < -0.4 is 16.8 Å². The maximum Gasteiger partial charge on any atom is 0.692 e. The summed E-state index contributed by atoms with van der Waals surface area (Å²) < 4.78 is 8.70. The summed E-state index contributed by atoms with van der Waals surface area (Å²) in [5.74, 6) is 0.0358. The lowest BCUT2D eigenvalue weighted by atomic mass is 10.3. The Morgan fingerprint density at radius 3 is 2.25 bits per heavy atom. The van der Waals surface area contributed by atoms with Crippen molar-refractivity contribution in [3.8, 4) is 0 Å². The molecule has 8 nitrogen and oxygen atoms in total. The first-order chi connectivity index (χ1) is 6.90. The molecule has 0 heterocycles. The zero-order chi connectivity index (χ0) is 12.3. The molecule has 96 valence electrons. The Balaban J connectivity index is -0.000000292. The summed E-state index contributed by atoms with van der Waals surface area (Å²) in [6, 6.07) is 0. The zero-order valence-electron chi connectivity index (χ0n) is 8.88. The molecule has 0 aromatic carbocycles. The summed E-state index contributed by atoms with van der Waals surface area (Å²) in [5.41, 5.74) is 10.3. The van der Waals surface area contributed by atoms with Gasteiger partial charge in [-0.25, -0.2) is 0 Å². The molecule has 0 saturated heterocycles. The number of hydrogen-bond acceptors (Lipinski definition) is 3. The van der Waals surface area contributed by atoms with Crippen LogP contribution >= 0.6 is 20.7 Å². The second kappa shape index (κ2) is 14.1. The predicted molar refractivity (Wildman–Crippen MR) is 65.7 cm³/mol. The number of halogens is 1. The van der Waals surface area contributed by atoms with Crippen molar-refractivity contribution < 1.29 is 14.4 Å². The van der Waals surface area contributed by atoms with Crippen molar-refractivity contribution in [2.24, 2.45) is 16.5 Å². The topological polar surface area (TPSA) is 158 Å². The van der Waals surface area contributed by atoms with Crippen LogP contribution in [0.2, 0.25) is 0 Å². The monoisotopic (exact) mass is 274 g/mol. The fraction of sp³-hybridized carbons (Fsp3) is 0.667. The Labute approximate surface area is 101 Å². The third-order valence-electron chi connectivity index (χ3n) is 1.06. The third kappa shape index (κ3) is 29.2. The molecule has 10 heteroatoms. The number of hydrogen-bond donors (Lipinski definition) is 6. The third-order valence-corrected chi connectivity index (χ3v) is 1.06. The molecule has 0 aliphatic heterocycles. The Morgan fingerprint density at radius 1 is 1.50 bits per heavy atom. The number of unbranched alkanes of at least 4 members (excludes halogenated alkanes) is 1. The average Bonchev–Trinajstić information content (AvgIpc) is 2.02. The number of aliphatic imine (C=N–C) groups is 1. The van der Waals surface area contributed by atoms with Gasteiger partial charge in [-0.2, -0.15) is 0 Å². The predicted octanol–water partition coefficient (Wildman–Crippen LogP) is -0.366. The minimum absolute atomic E-state index is 0. The van der Waals surface area contributed by atoms with Gasteiger partial charge in [0.05, 0.1) is 0 Å². The normalized spacial score (nSPS) is 9.31. The molecule has 16 heavy (non-hydrogen) atoms. The van der Waals surface area contributed by atoms with Gasteiger partial charge in [-0.15, -0.1) is 22.2 Å². The maximum atomic E-state index is 8.70. The van der Waals surface area contributed by atoms with Gasteiger partial charge in [-0.05, 0) is 6.42 Å². The van der Waals surface area contributed by atoms with Crippen LogP contribution in [-0.2, 0) is 4.57 Å². The molecule has 0 aromatic rings. The van der Waals surface area contributed by atoms with E-state index in [1.165, 1.54) is 0 Å². The lowest BCUT2D eigenvalue weighted by Gasteiger charge is -2.00. The fourth-order valence-electron chi connectivity index (χ4n) is 0.535.